The van der Waals surface area contributed by atoms with Crippen LogP contribution >= 0.6 is 0 Å². The molecule has 0 bridgehead atoms. The van der Waals surface area contributed by atoms with Gasteiger partial charge in [0.05, 0.1) is 18.8 Å². The molecule has 8 heteroatoms. The Labute approximate surface area is 164 Å². The number of aliphatic hydroxyl groups is 2. The monoisotopic (exact) mass is 396 g/mol. The topological polar surface area (TPSA) is 127 Å². The Balaban J connectivity index is 0.000000525. The third-order valence-electron chi connectivity index (χ3n) is 3.73. The van der Waals surface area contributed by atoms with Crippen LogP contribution < -0.4 is 0 Å². The summed E-state index contributed by atoms with van der Waals surface area (Å²) in [5, 5.41) is 18.1. The Kier molecular flexibility index (Phi) is 11.6. The molecule has 1 unspecified atom stereocenters. The van der Waals surface area contributed by atoms with Gasteiger partial charge in [0.1, 0.15) is 6.10 Å². The van der Waals surface area contributed by atoms with E-state index in [2.05, 4.69) is 11.7 Å². The van der Waals surface area contributed by atoms with E-state index >= 15 is 0 Å². The molecule has 0 aliphatic carbocycles. The lowest BCUT2D eigenvalue weighted by Gasteiger charge is -2.31. The quantitative estimate of drug-likeness (QED) is 0.365. The highest BCUT2D eigenvalue weighted by molar-refractivity contribution is 6.10. The molecule has 1 aromatic rings. The highest BCUT2D eigenvalue weighted by Gasteiger charge is 2.50. The molecule has 0 amide bonds. The maximum Gasteiger partial charge on any atom is 0.338 e. The second-order valence-electron chi connectivity index (χ2n) is 6.00. The molecule has 0 spiro atoms. The van der Waals surface area contributed by atoms with Crippen LogP contribution in [0.3, 0.4) is 0 Å². The van der Waals surface area contributed by atoms with Gasteiger partial charge in [0, 0.05) is 6.92 Å². The number of rotatable bonds is 9. The van der Waals surface area contributed by atoms with Crippen LogP contribution in [-0.2, 0) is 23.9 Å². The summed E-state index contributed by atoms with van der Waals surface area (Å²) in [6.45, 7) is 4.74. The molecule has 0 radical (unpaired) electrons. The Bertz CT molecular complexity index is 639. The van der Waals surface area contributed by atoms with Crippen molar-refractivity contribution in [3.8, 4) is 0 Å². The summed E-state index contributed by atoms with van der Waals surface area (Å²) in [7, 11) is 0. The number of hydrogen-bond acceptors (Lipinski definition) is 8. The van der Waals surface area contributed by atoms with E-state index in [1.165, 1.54) is 0 Å². The van der Waals surface area contributed by atoms with Crippen LogP contribution in [0.25, 0.3) is 0 Å². The van der Waals surface area contributed by atoms with Gasteiger partial charge in [-0.25, -0.2) is 4.79 Å². The average molecular weight is 396 g/mol. The van der Waals surface area contributed by atoms with Crippen LogP contribution in [0.4, 0.5) is 0 Å². The van der Waals surface area contributed by atoms with Crippen molar-refractivity contribution in [1.82, 2.24) is 0 Å². The maximum absolute atomic E-state index is 11.3. The molecule has 1 rings (SSSR count). The van der Waals surface area contributed by atoms with Crippen molar-refractivity contribution in [3.05, 3.63) is 35.9 Å². The molecule has 1 atom stereocenters. The fourth-order valence-electron chi connectivity index (χ4n) is 2.25. The first-order valence-corrected chi connectivity index (χ1v) is 8.86. The van der Waals surface area contributed by atoms with E-state index in [4.69, 9.17) is 9.84 Å². The van der Waals surface area contributed by atoms with Gasteiger partial charge in [0.15, 0.2) is 11.6 Å². The minimum absolute atomic E-state index is 0.228. The fourth-order valence-corrected chi connectivity index (χ4v) is 2.25. The maximum atomic E-state index is 11.3. The van der Waals surface area contributed by atoms with Crippen LogP contribution in [-0.4, -0.2) is 58.6 Å². The molecule has 2 N–H and O–H groups in total. The van der Waals surface area contributed by atoms with Crippen LogP contribution in [0.1, 0.15) is 50.9 Å². The molecule has 1 aromatic carbocycles. The van der Waals surface area contributed by atoms with E-state index in [0.717, 1.165) is 33.6 Å². The number of unbranched alkanes of at least 4 members (excludes halogenated alkanes) is 1. The van der Waals surface area contributed by atoms with Crippen molar-refractivity contribution in [2.24, 2.45) is 0 Å². The van der Waals surface area contributed by atoms with E-state index in [9.17, 15) is 24.3 Å². The van der Waals surface area contributed by atoms with Gasteiger partial charge in [-0.05, 0) is 32.4 Å². The van der Waals surface area contributed by atoms with Gasteiger partial charge in [-0.2, -0.15) is 0 Å². The number of hydrogen-bond donors (Lipinski definition) is 2. The summed E-state index contributed by atoms with van der Waals surface area (Å²) >= 11 is 0. The Morgan fingerprint density at radius 1 is 1.04 bits per heavy atom. The Morgan fingerprint density at radius 2 is 1.57 bits per heavy atom. The summed E-state index contributed by atoms with van der Waals surface area (Å²) in [4.78, 5) is 44.6. The van der Waals surface area contributed by atoms with Gasteiger partial charge in [0.2, 0.25) is 0 Å². The van der Waals surface area contributed by atoms with Crippen molar-refractivity contribution in [3.63, 3.8) is 0 Å². The lowest BCUT2D eigenvalue weighted by Crippen LogP contribution is -2.58. The molecule has 0 heterocycles. The summed E-state index contributed by atoms with van der Waals surface area (Å²) in [6, 6.07) is 9.05. The number of aliphatic hydroxyl groups excluding tert-OH is 2. The minimum atomic E-state index is -2.29. The zero-order chi connectivity index (χ0) is 21.7. The van der Waals surface area contributed by atoms with Crippen LogP contribution in [0.2, 0.25) is 0 Å². The third kappa shape index (κ3) is 7.58. The molecule has 0 aromatic heterocycles. The first-order chi connectivity index (χ1) is 13.1. The van der Waals surface area contributed by atoms with Gasteiger partial charge < -0.3 is 19.7 Å². The van der Waals surface area contributed by atoms with Gasteiger partial charge >= 0.3 is 11.9 Å². The van der Waals surface area contributed by atoms with Crippen molar-refractivity contribution in [1.29, 1.82) is 0 Å². The number of esters is 2. The van der Waals surface area contributed by atoms with Crippen molar-refractivity contribution >= 4 is 23.5 Å². The Hall–Kier alpha value is -2.58. The summed E-state index contributed by atoms with van der Waals surface area (Å²) in [6.07, 6.45) is 0.220. The smallest absolute Gasteiger partial charge is 0.338 e. The summed E-state index contributed by atoms with van der Waals surface area (Å²) in [5.74, 6) is -2.76. The molecule has 0 saturated heterocycles. The van der Waals surface area contributed by atoms with E-state index in [0.29, 0.717) is 12.2 Å². The molecule has 0 aliphatic rings. The first-order valence-electron chi connectivity index (χ1n) is 8.86. The lowest BCUT2D eigenvalue weighted by atomic mass is 9.88. The predicted molar refractivity (Wildman–Crippen MR) is 101 cm³/mol. The summed E-state index contributed by atoms with van der Waals surface area (Å²) in [5.41, 5.74) is -1.67. The van der Waals surface area contributed by atoms with E-state index < -0.39 is 35.8 Å². The van der Waals surface area contributed by atoms with Gasteiger partial charge in [-0.3, -0.25) is 14.4 Å². The molecule has 28 heavy (non-hydrogen) atoms. The largest absolute Gasteiger partial charge is 0.462 e. The Morgan fingerprint density at radius 3 is 1.96 bits per heavy atom. The molecule has 0 saturated carbocycles. The lowest BCUT2D eigenvalue weighted by molar-refractivity contribution is -0.184. The van der Waals surface area contributed by atoms with E-state index in [-0.39, 0.29) is 5.97 Å². The highest BCUT2D eigenvalue weighted by Crippen LogP contribution is 2.20. The molecular weight excluding hydrogens is 368 g/mol. The number of carbonyl (C=O) groups excluding carboxylic acids is 4. The van der Waals surface area contributed by atoms with Crippen molar-refractivity contribution in [2.45, 2.75) is 52.2 Å². The molecule has 0 fully saturated rings. The average Bonchev–Trinajstić information content (AvgIpc) is 2.66. The second kappa shape index (κ2) is 12.7. The van der Waals surface area contributed by atoms with Crippen molar-refractivity contribution < 1.29 is 38.9 Å². The number of Topliss-reactive ketones (excluding diaryl/α,β-unsaturated/α-hetero) is 2. The number of ether oxygens (including phenoxy) is 2. The molecular formula is C20H28O8. The van der Waals surface area contributed by atoms with Gasteiger partial charge in [-0.1, -0.05) is 31.5 Å². The number of carbonyl (C=O) groups is 4. The molecule has 0 aliphatic heterocycles. The van der Waals surface area contributed by atoms with Gasteiger partial charge in [0.25, 0.3) is 5.60 Å². The first kappa shape index (κ1) is 25.4. The zero-order valence-electron chi connectivity index (χ0n) is 16.6. The summed E-state index contributed by atoms with van der Waals surface area (Å²) < 4.78 is 9.60. The fraction of sp³-hybridized carbons (Fsp3) is 0.500. The molecule has 8 nitrogen and oxygen atoms in total. The third-order valence-corrected chi connectivity index (χ3v) is 3.73. The highest BCUT2D eigenvalue weighted by atomic mass is 16.6. The molecule has 156 valence electrons. The normalized spacial score (nSPS) is 11.5. The van der Waals surface area contributed by atoms with Crippen LogP contribution in [0.15, 0.2) is 30.3 Å². The second-order valence-corrected chi connectivity index (χ2v) is 6.00. The van der Waals surface area contributed by atoms with E-state index in [1.807, 2.05) is 18.2 Å². The zero-order valence-corrected chi connectivity index (χ0v) is 16.6. The number of benzene rings is 1. The SMILES string of the molecule is CC(=O)OC(C(C)=O)(C(C)=O)C(O)CO.CCCCOC(=O)c1ccccc1. The number of ketones is 2. The van der Waals surface area contributed by atoms with Crippen LogP contribution in [0.5, 0.6) is 0 Å². The van der Waals surface area contributed by atoms with Crippen molar-refractivity contribution in [2.75, 3.05) is 13.2 Å². The predicted octanol–water partition coefficient (Wildman–Crippen LogP) is 1.46. The van der Waals surface area contributed by atoms with Crippen LogP contribution in [0, 0.1) is 0 Å². The standard InChI is InChI=1S/C11H14O2.C9H14O6/c1-2-3-9-13-11(12)10-7-5-4-6-8-10;1-5(11)9(6(2)12,8(14)4-10)15-7(3)13/h4-8H,2-3,9H2,1H3;8,10,14H,4H2,1-3H3. The minimum Gasteiger partial charge on any atom is -0.462 e. The van der Waals surface area contributed by atoms with E-state index in [1.54, 1.807) is 12.1 Å². The van der Waals surface area contributed by atoms with Gasteiger partial charge in [-0.15, -0.1) is 0 Å².